The van der Waals surface area contributed by atoms with Crippen molar-refractivity contribution in [3.8, 4) is 5.69 Å². The zero-order valence-corrected chi connectivity index (χ0v) is 20.3. The molecule has 1 N–H and O–H groups in total. The minimum atomic E-state index is -0.405. The first-order valence-electron chi connectivity index (χ1n) is 11.5. The Bertz CT molecular complexity index is 1450. The Labute approximate surface area is 203 Å². The summed E-state index contributed by atoms with van der Waals surface area (Å²) in [6.45, 7) is 5.88. The average Bonchev–Trinajstić information content (AvgIpc) is 3.21. The predicted octanol–water partition coefficient (Wildman–Crippen LogP) is 4.09. The molecule has 2 aromatic heterocycles. The van der Waals surface area contributed by atoms with Crippen LogP contribution in [0.2, 0.25) is 0 Å². The van der Waals surface area contributed by atoms with Crippen LogP contribution in [0.15, 0.2) is 59.4 Å². The van der Waals surface area contributed by atoms with Crippen LogP contribution in [-0.4, -0.2) is 32.8 Å². The van der Waals surface area contributed by atoms with Gasteiger partial charge in [0.1, 0.15) is 5.65 Å². The summed E-state index contributed by atoms with van der Waals surface area (Å²) < 4.78 is 8.37. The highest BCUT2D eigenvalue weighted by atomic mass is 16.5. The maximum atomic E-state index is 13.3. The van der Waals surface area contributed by atoms with Crippen LogP contribution in [0.4, 0.5) is 5.69 Å². The number of pyridine rings is 1. The highest BCUT2D eigenvalue weighted by Crippen LogP contribution is 2.26. The number of carbonyl (C=O) groups is 2. The van der Waals surface area contributed by atoms with Crippen LogP contribution in [0, 0.1) is 13.8 Å². The number of hydrogen-bond acceptors (Lipinski definition) is 5. The molecular formula is C27H28N4O4. The number of aromatic nitrogens is 3. The third-order valence-electron chi connectivity index (χ3n) is 6.03. The molecule has 180 valence electrons. The number of para-hydroxylation sites is 1. The maximum absolute atomic E-state index is 13.3. The van der Waals surface area contributed by atoms with Gasteiger partial charge in [-0.15, -0.1) is 0 Å². The van der Waals surface area contributed by atoms with E-state index in [9.17, 15) is 14.4 Å². The molecule has 0 bridgehead atoms. The Balaban J connectivity index is 1.55. The van der Waals surface area contributed by atoms with Gasteiger partial charge in [-0.05, 0) is 69.2 Å². The zero-order chi connectivity index (χ0) is 25.1. The van der Waals surface area contributed by atoms with E-state index in [1.807, 2.05) is 44.2 Å². The van der Waals surface area contributed by atoms with Crippen LogP contribution >= 0.6 is 0 Å². The van der Waals surface area contributed by atoms with Crippen molar-refractivity contribution in [3.05, 3.63) is 87.3 Å². The van der Waals surface area contributed by atoms with Gasteiger partial charge in [-0.2, -0.15) is 5.10 Å². The highest BCUT2D eigenvalue weighted by molar-refractivity contribution is 5.93. The van der Waals surface area contributed by atoms with Crippen LogP contribution in [0.25, 0.3) is 16.7 Å². The van der Waals surface area contributed by atoms with Gasteiger partial charge in [0.25, 0.3) is 5.56 Å². The third-order valence-corrected chi connectivity index (χ3v) is 6.03. The van der Waals surface area contributed by atoms with Crippen molar-refractivity contribution in [2.24, 2.45) is 7.05 Å². The van der Waals surface area contributed by atoms with Crippen LogP contribution in [0.5, 0.6) is 0 Å². The fourth-order valence-corrected chi connectivity index (χ4v) is 4.28. The molecule has 0 fully saturated rings. The van der Waals surface area contributed by atoms with E-state index in [1.165, 1.54) is 0 Å². The highest BCUT2D eigenvalue weighted by Gasteiger charge is 2.20. The first-order chi connectivity index (χ1) is 16.8. The molecule has 0 aliphatic heterocycles. The first-order valence-corrected chi connectivity index (χ1v) is 11.5. The summed E-state index contributed by atoms with van der Waals surface area (Å²) in [6, 6.07) is 16.2. The molecule has 2 aromatic carbocycles. The zero-order valence-electron chi connectivity index (χ0n) is 20.3. The quantitative estimate of drug-likeness (QED) is 0.409. The summed E-state index contributed by atoms with van der Waals surface area (Å²) in [5.41, 5.74) is 4.72. The van der Waals surface area contributed by atoms with Crippen LogP contribution in [0.3, 0.4) is 0 Å². The van der Waals surface area contributed by atoms with Crippen LogP contribution < -0.4 is 10.9 Å². The number of amides is 1. The number of benzene rings is 2. The molecule has 4 rings (SSSR count). The SMILES string of the molecule is CCOC(=O)c1ccc(NC(=O)CCc2c(C)c3c(C)nn(-c4ccccc4)c3n(C)c2=O)cc1. The van der Waals surface area contributed by atoms with Gasteiger partial charge in [-0.3, -0.25) is 14.2 Å². The Morgan fingerprint density at radius 2 is 1.71 bits per heavy atom. The molecule has 8 heteroatoms. The Morgan fingerprint density at radius 1 is 1.03 bits per heavy atom. The lowest BCUT2D eigenvalue weighted by molar-refractivity contribution is -0.116. The summed E-state index contributed by atoms with van der Waals surface area (Å²) in [6.07, 6.45) is 0.449. The predicted molar refractivity (Wildman–Crippen MR) is 135 cm³/mol. The van der Waals surface area contributed by atoms with Crippen molar-refractivity contribution in [1.82, 2.24) is 14.3 Å². The van der Waals surface area contributed by atoms with Crippen molar-refractivity contribution in [1.29, 1.82) is 0 Å². The van der Waals surface area contributed by atoms with Crippen molar-refractivity contribution >= 4 is 28.6 Å². The van der Waals surface area contributed by atoms with Crippen LogP contribution in [0.1, 0.15) is 40.5 Å². The minimum Gasteiger partial charge on any atom is -0.462 e. The topological polar surface area (TPSA) is 95.2 Å². The van der Waals surface area contributed by atoms with Gasteiger partial charge in [0.2, 0.25) is 5.91 Å². The lowest BCUT2D eigenvalue weighted by Crippen LogP contribution is -2.25. The maximum Gasteiger partial charge on any atom is 0.338 e. The number of esters is 1. The molecule has 0 aliphatic carbocycles. The molecular weight excluding hydrogens is 444 g/mol. The number of carbonyl (C=O) groups excluding carboxylic acids is 2. The number of ether oxygens (including phenoxy) is 1. The van der Waals surface area contributed by atoms with Crippen molar-refractivity contribution in [3.63, 3.8) is 0 Å². The molecule has 4 aromatic rings. The second-order valence-electron chi connectivity index (χ2n) is 8.35. The normalized spacial score (nSPS) is 11.0. The number of fused-ring (bicyclic) bond motifs is 1. The molecule has 0 saturated heterocycles. The molecule has 0 saturated carbocycles. The van der Waals surface area contributed by atoms with Crippen molar-refractivity contribution in [2.45, 2.75) is 33.6 Å². The van der Waals surface area contributed by atoms with E-state index in [-0.39, 0.29) is 17.9 Å². The Morgan fingerprint density at radius 3 is 2.37 bits per heavy atom. The number of aryl methyl sites for hydroxylation is 3. The van der Waals surface area contributed by atoms with Gasteiger partial charge < -0.3 is 10.1 Å². The number of nitrogens with one attached hydrogen (secondary N) is 1. The summed E-state index contributed by atoms with van der Waals surface area (Å²) in [4.78, 5) is 37.7. The second-order valence-corrected chi connectivity index (χ2v) is 8.35. The van der Waals surface area contributed by atoms with Crippen molar-refractivity contribution in [2.75, 3.05) is 11.9 Å². The lowest BCUT2D eigenvalue weighted by atomic mass is 10.0. The summed E-state index contributed by atoms with van der Waals surface area (Å²) in [5.74, 6) is -0.620. The van der Waals surface area contributed by atoms with E-state index in [0.717, 1.165) is 28.0 Å². The van der Waals surface area contributed by atoms with Gasteiger partial charge in [0, 0.05) is 30.1 Å². The van der Waals surface area contributed by atoms with Gasteiger partial charge in [-0.1, -0.05) is 18.2 Å². The molecule has 0 aliphatic rings. The third kappa shape index (κ3) is 4.73. The number of nitrogens with zero attached hydrogens (tertiary/aromatic N) is 3. The number of rotatable bonds is 7. The van der Waals surface area contributed by atoms with E-state index in [4.69, 9.17) is 9.84 Å². The minimum absolute atomic E-state index is 0.140. The van der Waals surface area contributed by atoms with Gasteiger partial charge in [0.15, 0.2) is 0 Å². The molecule has 0 spiro atoms. The number of anilines is 1. The summed E-state index contributed by atoms with van der Waals surface area (Å²) in [7, 11) is 1.74. The van der Waals surface area contributed by atoms with Gasteiger partial charge in [0.05, 0.1) is 23.6 Å². The molecule has 0 unspecified atom stereocenters. The number of hydrogen-bond donors (Lipinski definition) is 1. The van der Waals surface area contributed by atoms with Crippen LogP contribution in [-0.2, 0) is 23.0 Å². The largest absolute Gasteiger partial charge is 0.462 e. The van der Waals surface area contributed by atoms with E-state index < -0.39 is 5.97 Å². The van der Waals surface area contributed by atoms with E-state index in [1.54, 1.807) is 47.5 Å². The summed E-state index contributed by atoms with van der Waals surface area (Å²) >= 11 is 0. The standard InChI is InChI=1S/C27H28N4O4/c1-5-35-27(34)19-11-13-20(14-12-19)28-23(32)16-15-22-17(2)24-18(3)29-31(21-9-7-6-8-10-21)25(24)30(4)26(22)33/h6-14H,5,15-16H2,1-4H3,(H,28,32). The second kappa shape index (κ2) is 9.97. The molecule has 8 nitrogen and oxygen atoms in total. The lowest BCUT2D eigenvalue weighted by Gasteiger charge is -2.13. The van der Waals surface area contributed by atoms with Crippen molar-refractivity contribution < 1.29 is 14.3 Å². The molecule has 35 heavy (non-hydrogen) atoms. The van der Waals surface area contributed by atoms with Gasteiger partial charge in [-0.25, -0.2) is 9.48 Å². The summed E-state index contributed by atoms with van der Waals surface area (Å²) in [5, 5.41) is 8.43. The van der Waals surface area contributed by atoms with Gasteiger partial charge >= 0.3 is 5.97 Å². The van der Waals surface area contributed by atoms with E-state index in [2.05, 4.69) is 5.32 Å². The molecule has 2 heterocycles. The first kappa shape index (κ1) is 23.9. The van der Waals surface area contributed by atoms with E-state index >= 15 is 0 Å². The molecule has 0 radical (unpaired) electrons. The fraction of sp³-hybridized carbons (Fsp3) is 0.259. The fourth-order valence-electron chi connectivity index (χ4n) is 4.28. The average molecular weight is 473 g/mol. The smallest absolute Gasteiger partial charge is 0.338 e. The molecule has 1 amide bonds. The monoisotopic (exact) mass is 472 g/mol. The molecule has 0 atom stereocenters. The Kier molecular flexibility index (Phi) is 6.82. The Hall–Kier alpha value is -4.20. The van der Waals surface area contributed by atoms with E-state index in [0.29, 0.717) is 29.8 Å².